The molecular weight excluding hydrogens is 314 g/mol. The topological polar surface area (TPSA) is 80.1 Å². The molecule has 0 amide bonds. The summed E-state index contributed by atoms with van der Waals surface area (Å²) in [6.45, 7) is 3.27. The van der Waals surface area contributed by atoms with Crippen molar-refractivity contribution in [3.63, 3.8) is 0 Å². The van der Waals surface area contributed by atoms with E-state index in [0.29, 0.717) is 19.6 Å². The third-order valence-electron chi connectivity index (χ3n) is 4.10. The van der Waals surface area contributed by atoms with Gasteiger partial charge in [-0.05, 0) is 30.5 Å². The Balaban J connectivity index is 1.77. The summed E-state index contributed by atoms with van der Waals surface area (Å²) < 4.78 is 25.7. The first-order valence-electron chi connectivity index (χ1n) is 7.67. The van der Waals surface area contributed by atoms with Crippen molar-refractivity contribution in [3.05, 3.63) is 41.2 Å². The molecule has 0 atom stereocenters. The fourth-order valence-corrected chi connectivity index (χ4v) is 3.89. The van der Waals surface area contributed by atoms with Crippen LogP contribution in [0.25, 0.3) is 0 Å². The van der Waals surface area contributed by atoms with Crippen LogP contribution in [0, 0.1) is 0 Å². The van der Waals surface area contributed by atoms with Crippen LogP contribution < -0.4 is 5.32 Å². The summed E-state index contributed by atoms with van der Waals surface area (Å²) in [5, 5.41) is 11.7. The maximum atomic E-state index is 12.1. The summed E-state index contributed by atoms with van der Waals surface area (Å²) in [7, 11) is -1.35. The summed E-state index contributed by atoms with van der Waals surface area (Å²) in [6.07, 6.45) is 2.45. The maximum Gasteiger partial charge on any atom is 0.214 e. The van der Waals surface area contributed by atoms with Crippen molar-refractivity contribution in [2.24, 2.45) is 7.05 Å². The average molecular weight is 335 g/mol. The first-order valence-corrected chi connectivity index (χ1v) is 9.28. The largest absolute Gasteiger partial charge is 0.379 e. The highest BCUT2D eigenvalue weighted by Gasteiger charge is 2.26. The summed E-state index contributed by atoms with van der Waals surface area (Å²) in [6, 6.07) is 5.99. The summed E-state index contributed by atoms with van der Waals surface area (Å²) in [5.41, 5.74) is 4.18. The predicted molar refractivity (Wildman–Crippen MR) is 88.3 cm³/mol. The third-order valence-corrected chi connectivity index (χ3v) is 5.92. The average Bonchev–Trinajstić information content (AvgIpc) is 2.97. The standard InChI is InChI=1S/C15H21N5O2S/c1-3-23(21,22)20-8-7-14-12(11-20)5-4-6-15(14)16-9-13-10-17-19(2)18-13/h4-6,10,16H,3,7-9,11H2,1-2H3. The molecule has 1 aliphatic rings. The van der Waals surface area contributed by atoms with Gasteiger partial charge in [-0.3, -0.25) is 0 Å². The Kier molecular flexibility index (Phi) is 4.36. The number of nitrogens with one attached hydrogen (secondary N) is 1. The molecule has 0 spiro atoms. The lowest BCUT2D eigenvalue weighted by molar-refractivity contribution is 0.392. The van der Waals surface area contributed by atoms with Crippen LogP contribution in [0.5, 0.6) is 0 Å². The van der Waals surface area contributed by atoms with Crippen LogP contribution in [0.4, 0.5) is 5.69 Å². The van der Waals surface area contributed by atoms with Crippen LogP contribution in [-0.4, -0.2) is 40.0 Å². The fraction of sp³-hybridized carbons (Fsp3) is 0.467. The van der Waals surface area contributed by atoms with Gasteiger partial charge in [-0.2, -0.15) is 19.3 Å². The van der Waals surface area contributed by atoms with E-state index in [1.54, 1.807) is 24.5 Å². The normalized spacial score (nSPS) is 15.4. The molecule has 7 nitrogen and oxygen atoms in total. The Morgan fingerprint density at radius 2 is 2.17 bits per heavy atom. The highest BCUT2D eigenvalue weighted by atomic mass is 32.2. The molecule has 0 saturated carbocycles. The highest BCUT2D eigenvalue weighted by Crippen LogP contribution is 2.27. The van der Waals surface area contributed by atoms with Crippen LogP contribution >= 0.6 is 0 Å². The fourth-order valence-electron chi connectivity index (χ4n) is 2.82. The molecule has 3 rings (SSSR count). The van der Waals surface area contributed by atoms with E-state index in [-0.39, 0.29) is 5.75 Å². The highest BCUT2D eigenvalue weighted by molar-refractivity contribution is 7.89. The van der Waals surface area contributed by atoms with Crippen LogP contribution in [0.2, 0.25) is 0 Å². The molecule has 1 aliphatic heterocycles. The molecule has 0 bridgehead atoms. The Morgan fingerprint density at radius 1 is 1.35 bits per heavy atom. The van der Waals surface area contributed by atoms with Gasteiger partial charge in [-0.1, -0.05) is 12.1 Å². The summed E-state index contributed by atoms with van der Waals surface area (Å²) in [5.74, 6) is 0.146. The molecule has 0 radical (unpaired) electrons. The van der Waals surface area contributed by atoms with Crippen molar-refractivity contribution >= 4 is 15.7 Å². The summed E-state index contributed by atoms with van der Waals surface area (Å²) >= 11 is 0. The van der Waals surface area contributed by atoms with Crippen molar-refractivity contribution in [1.29, 1.82) is 0 Å². The number of benzene rings is 1. The van der Waals surface area contributed by atoms with Gasteiger partial charge < -0.3 is 5.32 Å². The lowest BCUT2D eigenvalue weighted by Crippen LogP contribution is -2.37. The Morgan fingerprint density at radius 3 is 2.87 bits per heavy atom. The SMILES string of the molecule is CCS(=O)(=O)N1CCc2c(cccc2NCc2cnn(C)n2)C1. The monoisotopic (exact) mass is 335 g/mol. The number of sulfonamides is 1. The number of nitrogens with zero attached hydrogens (tertiary/aromatic N) is 4. The number of aryl methyl sites for hydroxylation is 1. The number of hydrogen-bond donors (Lipinski definition) is 1. The van der Waals surface area contributed by atoms with E-state index in [0.717, 1.165) is 23.4 Å². The lowest BCUT2D eigenvalue weighted by Gasteiger charge is -2.29. The van der Waals surface area contributed by atoms with Gasteiger partial charge in [0.1, 0.15) is 5.69 Å². The van der Waals surface area contributed by atoms with Crippen LogP contribution in [-0.2, 0) is 36.6 Å². The first kappa shape index (κ1) is 15.9. The van der Waals surface area contributed by atoms with Gasteiger partial charge in [0, 0.05) is 25.8 Å². The minimum absolute atomic E-state index is 0.146. The molecule has 0 fully saturated rings. The minimum atomic E-state index is -3.14. The van der Waals surface area contributed by atoms with Crippen molar-refractivity contribution in [2.75, 3.05) is 17.6 Å². The van der Waals surface area contributed by atoms with Gasteiger partial charge in [0.15, 0.2) is 0 Å². The number of aromatic nitrogens is 3. The smallest absolute Gasteiger partial charge is 0.214 e. The quantitative estimate of drug-likeness (QED) is 0.886. The van der Waals surface area contributed by atoms with E-state index < -0.39 is 10.0 Å². The van der Waals surface area contributed by atoms with Crippen molar-refractivity contribution < 1.29 is 8.42 Å². The van der Waals surface area contributed by atoms with E-state index >= 15 is 0 Å². The van der Waals surface area contributed by atoms with E-state index in [1.165, 1.54) is 10.4 Å². The molecule has 0 aliphatic carbocycles. The molecular formula is C15H21N5O2S. The number of anilines is 1. The zero-order valence-corrected chi connectivity index (χ0v) is 14.2. The minimum Gasteiger partial charge on any atom is -0.379 e. The molecule has 0 unspecified atom stereocenters. The molecule has 1 N–H and O–H groups in total. The van der Waals surface area contributed by atoms with E-state index in [1.807, 2.05) is 18.2 Å². The molecule has 2 heterocycles. The van der Waals surface area contributed by atoms with Crippen LogP contribution in [0.15, 0.2) is 24.4 Å². The van der Waals surface area contributed by atoms with Crippen LogP contribution in [0.3, 0.4) is 0 Å². The molecule has 2 aromatic rings. The third kappa shape index (κ3) is 3.37. The number of hydrogen-bond acceptors (Lipinski definition) is 5. The van der Waals surface area contributed by atoms with Gasteiger partial charge in [0.25, 0.3) is 0 Å². The van der Waals surface area contributed by atoms with Gasteiger partial charge in [0.05, 0.1) is 18.5 Å². The number of fused-ring (bicyclic) bond motifs is 1. The first-order chi connectivity index (χ1) is 11.0. The van der Waals surface area contributed by atoms with E-state index in [4.69, 9.17) is 0 Å². The Hall–Kier alpha value is -1.93. The molecule has 1 aromatic carbocycles. The van der Waals surface area contributed by atoms with E-state index in [9.17, 15) is 8.42 Å². The molecule has 8 heteroatoms. The lowest BCUT2D eigenvalue weighted by atomic mass is 9.99. The van der Waals surface area contributed by atoms with Crippen LogP contribution in [0.1, 0.15) is 23.7 Å². The van der Waals surface area contributed by atoms with Crippen molar-refractivity contribution in [1.82, 2.24) is 19.3 Å². The van der Waals surface area contributed by atoms with Crippen molar-refractivity contribution in [3.8, 4) is 0 Å². The van der Waals surface area contributed by atoms with E-state index in [2.05, 4.69) is 15.5 Å². The van der Waals surface area contributed by atoms with Gasteiger partial charge in [0.2, 0.25) is 10.0 Å². The zero-order chi connectivity index (χ0) is 16.4. The van der Waals surface area contributed by atoms with Gasteiger partial charge >= 0.3 is 0 Å². The predicted octanol–water partition coefficient (Wildman–Crippen LogP) is 1.14. The second-order valence-electron chi connectivity index (χ2n) is 5.61. The molecule has 1 aromatic heterocycles. The molecule has 23 heavy (non-hydrogen) atoms. The molecule has 0 saturated heterocycles. The Bertz CT molecular complexity index is 800. The molecule has 124 valence electrons. The van der Waals surface area contributed by atoms with Gasteiger partial charge in [-0.25, -0.2) is 8.42 Å². The Labute approximate surface area is 136 Å². The zero-order valence-electron chi connectivity index (χ0n) is 13.4. The van der Waals surface area contributed by atoms with Gasteiger partial charge in [-0.15, -0.1) is 0 Å². The maximum absolute atomic E-state index is 12.1. The summed E-state index contributed by atoms with van der Waals surface area (Å²) in [4.78, 5) is 1.53. The number of rotatable bonds is 5. The second kappa shape index (κ2) is 6.29. The van der Waals surface area contributed by atoms with Crippen molar-refractivity contribution in [2.45, 2.75) is 26.4 Å². The second-order valence-corrected chi connectivity index (χ2v) is 7.86.